The molecule has 8 rings (SSSR count). The number of piperidine rings is 1. The standard InChI is InChI=1S/C50H69N9O7S/c1-10-58-41-16-15-32-23-36(41)37(45(58)35-13-11-19-51-43(35)31(4)64-9)25-50(5,6)29-66-48(62)38-14-12-20-59(54-38)47(61)39(24-42-52-40(32)28-67-42)53-46(60)44(30(2)3)56(8)49(63)57-21-17-33(18-22-57)55(7)34-26-65-27-34/h11,13,15-16,19,23,28,30-31,33-34,38-39,44,54H,10,12,14,17-18,20-22,24-27,29H2,1-9H3,(H,53,60)/t31-,38-,39-,44-/m0/s1. The van der Waals surface area contributed by atoms with E-state index < -0.39 is 35.4 Å². The number of carbonyl (C=O) groups excluding carboxylic acids is 4. The average Bonchev–Trinajstić information content (AvgIpc) is 3.90. The number of fused-ring (bicyclic) bond motifs is 6. The summed E-state index contributed by atoms with van der Waals surface area (Å²) in [4.78, 5) is 72.9. The first kappa shape index (κ1) is 48.5. The Kier molecular flexibility index (Phi) is 14.7. The highest BCUT2D eigenvalue weighted by molar-refractivity contribution is 7.10. The summed E-state index contributed by atoms with van der Waals surface area (Å²) >= 11 is 1.43. The molecule has 6 bridgehead atoms. The monoisotopic (exact) mass is 940 g/mol. The number of ether oxygens (including phenoxy) is 3. The summed E-state index contributed by atoms with van der Waals surface area (Å²) in [6, 6.07) is 8.39. The van der Waals surface area contributed by atoms with Crippen LogP contribution < -0.4 is 10.7 Å². The molecule has 7 heterocycles. The molecule has 362 valence electrons. The van der Waals surface area contributed by atoms with Crippen LogP contribution in [0.15, 0.2) is 41.9 Å². The maximum Gasteiger partial charge on any atom is 0.324 e. The van der Waals surface area contributed by atoms with Crippen molar-refractivity contribution < 1.29 is 33.4 Å². The molecular formula is C50H69N9O7S. The van der Waals surface area contributed by atoms with E-state index in [1.54, 1.807) is 20.4 Å². The molecule has 0 radical (unpaired) electrons. The lowest BCUT2D eigenvalue weighted by atomic mass is 9.84. The molecule has 0 unspecified atom stereocenters. The first-order chi connectivity index (χ1) is 32.1. The van der Waals surface area contributed by atoms with Crippen LogP contribution in [-0.4, -0.2) is 149 Å². The van der Waals surface area contributed by atoms with E-state index in [1.165, 1.54) is 21.2 Å². The van der Waals surface area contributed by atoms with Crippen LogP contribution in [0.2, 0.25) is 0 Å². The number of urea groups is 1. The van der Waals surface area contributed by atoms with Crippen molar-refractivity contribution >= 4 is 46.1 Å². The number of hydrogen-bond donors (Lipinski definition) is 2. The first-order valence-corrected chi connectivity index (χ1v) is 24.9. The number of esters is 1. The highest BCUT2D eigenvalue weighted by Crippen LogP contribution is 2.42. The summed E-state index contributed by atoms with van der Waals surface area (Å²) in [6.07, 6.45) is 4.98. The number of rotatable bonds is 10. The number of likely N-dealkylation sites (N-methyl/N-ethyl adjacent to an activating group) is 2. The Balaban J connectivity index is 1.12. The van der Waals surface area contributed by atoms with Gasteiger partial charge in [0.05, 0.1) is 54.1 Å². The number of hydrazine groups is 1. The minimum atomic E-state index is -1.04. The van der Waals surface area contributed by atoms with Gasteiger partial charge in [-0.25, -0.2) is 15.2 Å². The van der Waals surface area contributed by atoms with Crippen LogP contribution in [0.4, 0.5) is 4.79 Å². The fraction of sp³-hybridized carbons (Fsp3) is 0.600. The Morgan fingerprint density at radius 2 is 1.82 bits per heavy atom. The van der Waals surface area contributed by atoms with Crippen molar-refractivity contribution in [3.63, 3.8) is 0 Å². The highest BCUT2D eigenvalue weighted by Gasteiger charge is 2.40. The number of nitrogens with zero attached hydrogens (tertiary/aromatic N) is 7. The molecular weight excluding hydrogens is 871 g/mol. The normalized spacial score (nSPS) is 21.8. The highest BCUT2D eigenvalue weighted by atomic mass is 32.1. The smallest absolute Gasteiger partial charge is 0.324 e. The van der Waals surface area contributed by atoms with Gasteiger partial charge in [-0.3, -0.25) is 29.3 Å². The number of thiazole rings is 1. The van der Waals surface area contributed by atoms with Crippen molar-refractivity contribution in [1.29, 1.82) is 0 Å². The Bertz CT molecular complexity index is 2440. The number of hydrogen-bond acceptors (Lipinski definition) is 12. The lowest BCUT2D eigenvalue weighted by Gasteiger charge is -2.44. The van der Waals surface area contributed by atoms with E-state index in [0.29, 0.717) is 62.5 Å². The minimum Gasteiger partial charge on any atom is -0.464 e. The molecule has 4 aromatic rings. The molecule has 4 aliphatic rings. The van der Waals surface area contributed by atoms with Crippen molar-refractivity contribution in [1.82, 2.24) is 45.0 Å². The number of aromatic nitrogens is 3. The van der Waals surface area contributed by atoms with Crippen molar-refractivity contribution in [3.8, 4) is 22.5 Å². The van der Waals surface area contributed by atoms with Crippen molar-refractivity contribution in [2.75, 3.05) is 60.7 Å². The molecule has 2 N–H and O–H groups in total. The summed E-state index contributed by atoms with van der Waals surface area (Å²) < 4.78 is 19.7. The second-order valence-electron chi connectivity index (χ2n) is 19.9. The van der Waals surface area contributed by atoms with E-state index in [0.717, 1.165) is 70.7 Å². The van der Waals surface area contributed by atoms with Crippen LogP contribution in [0.1, 0.15) is 89.6 Å². The SMILES string of the molecule is CCn1c(-c2cccnc2[C@H](C)OC)c2c3cc(ccc31)-c1csc(n1)C[C@H](NC(=O)[C@H](C(C)C)N(C)C(=O)N1CCC(N(C)C3COC3)CC1)C(=O)N1CCC[C@H](N1)C(=O)OCC(C)(C)C2. The lowest BCUT2D eigenvalue weighted by molar-refractivity contribution is -0.155. The summed E-state index contributed by atoms with van der Waals surface area (Å²) in [6.45, 7) is 16.0. The molecule has 3 aromatic heterocycles. The number of likely N-dealkylation sites (tertiary alicyclic amines) is 1. The van der Waals surface area contributed by atoms with E-state index in [9.17, 15) is 19.2 Å². The van der Waals surface area contributed by atoms with E-state index in [-0.39, 0.29) is 37.0 Å². The predicted octanol–water partition coefficient (Wildman–Crippen LogP) is 6.07. The van der Waals surface area contributed by atoms with Crippen LogP contribution in [0, 0.1) is 11.3 Å². The maximum absolute atomic E-state index is 14.7. The second-order valence-corrected chi connectivity index (χ2v) is 20.9. The Morgan fingerprint density at radius 3 is 2.51 bits per heavy atom. The molecule has 16 nitrogen and oxygen atoms in total. The van der Waals surface area contributed by atoms with Crippen molar-refractivity contribution in [3.05, 3.63) is 58.2 Å². The minimum absolute atomic E-state index is 0.109. The van der Waals surface area contributed by atoms with Gasteiger partial charge in [-0.1, -0.05) is 33.8 Å². The van der Waals surface area contributed by atoms with Crippen molar-refractivity contribution in [2.45, 2.75) is 123 Å². The summed E-state index contributed by atoms with van der Waals surface area (Å²) in [5.41, 5.74) is 9.41. The van der Waals surface area contributed by atoms with E-state index in [1.807, 2.05) is 37.1 Å². The molecule has 3 fully saturated rings. The zero-order chi connectivity index (χ0) is 47.7. The van der Waals surface area contributed by atoms with Gasteiger partial charge in [0.2, 0.25) is 5.91 Å². The number of methoxy groups -OCH3 is 1. The molecule has 0 saturated carbocycles. The summed E-state index contributed by atoms with van der Waals surface area (Å²) in [5, 5.41) is 8.26. The lowest BCUT2D eigenvalue weighted by Crippen LogP contribution is -2.62. The first-order valence-electron chi connectivity index (χ1n) is 24.0. The molecule has 1 aromatic carbocycles. The zero-order valence-corrected chi connectivity index (χ0v) is 41.5. The number of aryl methyl sites for hydroxylation is 1. The maximum atomic E-state index is 14.7. The predicted molar refractivity (Wildman–Crippen MR) is 258 cm³/mol. The average molecular weight is 940 g/mol. The quantitative estimate of drug-likeness (QED) is 0.178. The summed E-state index contributed by atoms with van der Waals surface area (Å²) in [7, 11) is 5.50. The van der Waals surface area contributed by atoms with Gasteiger partial charge in [-0.2, -0.15) is 0 Å². The largest absolute Gasteiger partial charge is 0.464 e. The fourth-order valence-corrected chi connectivity index (χ4v) is 11.2. The molecule has 0 aliphatic carbocycles. The molecule has 0 spiro atoms. The summed E-state index contributed by atoms with van der Waals surface area (Å²) in [5.74, 6) is -1.51. The Morgan fingerprint density at radius 1 is 1.06 bits per heavy atom. The van der Waals surface area contributed by atoms with E-state index in [4.69, 9.17) is 24.2 Å². The molecule has 4 atom stereocenters. The number of carbonyl (C=O) groups is 4. The number of amides is 4. The van der Waals surface area contributed by atoms with E-state index in [2.05, 4.69) is 72.3 Å². The second kappa shape index (κ2) is 20.3. The zero-order valence-electron chi connectivity index (χ0n) is 40.7. The van der Waals surface area contributed by atoms with Crippen LogP contribution in [0.3, 0.4) is 0 Å². The molecule has 3 saturated heterocycles. The number of pyridine rings is 1. The third-order valence-corrected chi connectivity index (χ3v) is 15.2. The molecule has 67 heavy (non-hydrogen) atoms. The van der Waals surface area contributed by atoms with Gasteiger partial charge >= 0.3 is 12.0 Å². The van der Waals surface area contributed by atoms with Gasteiger partial charge in [0.15, 0.2) is 0 Å². The van der Waals surface area contributed by atoms with Crippen molar-refractivity contribution in [2.24, 2.45) is 11.3 Å². The Hall–Kier alpha value is -4.94. The van der Waals surface area contributed by atoms with Crippen LogP contribution >= 0.6 is 11.3 Å². The molecule has 4 aliphatic heterocycles. The van der Waals surface area contributed by atoms with Gasteiger partial charge in [-0.15, -0.1) is 11.3 Å². The van der Waals surface area contributed by atoms with Crippen LogP contribution in [0.25, 0.3) is 33.4 Å². The van der Waals surface area contributed by atoms with Crippen LogP contribution in [-0.2, 0) is 48.0 Å². The molecule has 4 amide bonds. The number of cyclic esters (lactones) is 1. The van der Waals surface area contributed by atoms with E-state index >= 15 is 0 Å². The van der Waals surface area contributed by atoms with Gasteiger partial charge in [0.1, 0.15) is 18.1 Å². The van der Waals surface area contributed by atoms with Gasteiger partial charge in [0.25, 0.3) is 5.91 Å². The number of benzene rings is 1. The third-order valence-electron chi connectivity index (χ3n) is 14.3. The van der Waals surface area contributed by atoms with Gasteiger partial charge in [-0.05, 0) is 88.7 Å². The van der Waals surface area contributed by atoms with Gasteiger partial charge in [0, 0.05) is 91.8 Å². The topological polar surface area (TPSA) is 164 Å². The third kappa shape index (κ3) is 10.1. The molecule has 17 heteroatoms. The van der Waals surface area contributed by atoms with Crippen LogP contribution in [0.5, 0.6) is 0 Å². The number of nitrogens with one attached hydrogen (secondary N) is 2. The fourth-order valence-electron chi connectivity index (χ4n) is 10.3. The van der Waals surface area contributed by atoms with Gasteiger partial charge < -0.3 is 33.9 Å². The Labute approximate surface area is 398 Å².